The molecule has 0 saturated heterocycles. The quantitative estimate of drug-likeness (QED) is 0.131. The van der Waals surface area contributed by atoms with Crippen LogP contribution < -0.4 is 15.4 Å². The lowest BCUT2D eigenvalue weighted by atomic mass is 10.0. The first-order chi connectivity index (χ1) is 20.7. The number of rotatable bonds is 14. The smallest absolute Gasteiger partial charge is 0.407 e. The van der Waals surface area contributed by atoms with Gasteiger partial charge in [0.25, 0.3) is 0 Å². The number of anilines is 1. The summed E-state index contributed by atoms with van der Waals surface area (Å²) in [5.74, 6) is 4.05. The van der Waals surface area contributed by atoms with E-state index in [0.29, 0.717) is 57.0 Å². The number of amides is 1. The fraction of sp³-hybridized carbons (Fsp3) is 0.406. The molecule has 11 nitrogen and oxygen atoms in total. The average molecular weight is 584 g/mol. The van der Waals surface area contributed by atoms with Crippen molar-refractivity contribution in [3.05, 3.63) is 48.9 Å². The largest absolute Gasteiger partial charge is 0.494 e. The minimum Gasteiger partial charge on any atom is -0.494 e. The van der Waals surface area contributed by atoms with Crippen LogP contribution in [0.3, 0.4) is 0 Å². The Bertz CT molecular complexity index is 1680. The van der Waals surface area contributed by atoms with E-state index in [1.807, 2.05) is 35.9 Å². The molecule has 2 aromatic carbocycles. The summed E-state index contributed by atoms with van der Waals surface area (Å²) in [6.45, 7) is 7.39. The highest BCUT2D eigenvalue weighted by molar-refractivity contribution is 6.03. The van der Waals surface area contributed by atoms with Gasteiger partial charge in [0.1, 0.15) is 23.5 Å². The number of carbonyl (C=O) groups excluding carboxylic acids is 1. The number of aliphatic hydroxyl groups is 1. The molecular weight excluding hydrogens is 546 g/mol. The predicted octanol–water partition coefficient (Wildman–Crippen LogP) is 5.52. The lowest BCUT2D eigenvalue weighted by Crippen LogP contribution is -2.30. The fourth-order valence-corrected chi connectivity index (χ4v) is 5.03. The van der Waals surface area contributed by atoms with E-state index in [-0.39, 0.29) is 6.61 Å². The van der Waals surface area contributed by atoms with Crippen LogP contribution in [0.4, 0.5) is 10.6 Å². The second kappa shape index (κ2) is 12.7. The molecule has 0 unspecified atom stereocenters. The third kappa shape index (κ3) is 7.40. The van der Waals surface area contributed by atoms with Gasteiger partial charge in [0.2, 0.25) is 0 Å². The molecule has 3 N–H and O–H groups in total. The van der Waals surface area contributed by atoms with Gasteiger partial charge in [-0.25, -0.2) is 14.8 Å². The first-order valence-electron chi connectivity index (χ1n) is 14.5. The molecule has 0 bridgehead atoms. The molecule has 11 heteroatoms. The van der Waals surface area contributed by atoms with Crippen molar-refractivity contribution in [3.8, 4) is 29.2 Å². The molecule has 1 amide bonds. The molecule has 2 aromatic heterocycles. The Hall–Kier alpha value is -4.69. The van der Waals surface area contributed by atoms with Crippen LogP contribution in [0.1, 0.15) is 40.0 Å². The van der Waals surface area contributed by atoms with Crippen molar-refractivity contribution in [2.24, 2.45) is 10.2 Å². The maximum absolute atomic E-state index is 12.2. The van der Waals surface area contributed by atoms with Crippen molar-refractivity contribution in [2.75, 3.05) is 31.6 Å². The Kier molecular flexibility index (Phi) is 8.78. The van der Waals surface area contributed by atoms with E-state index in [2.05, 4.69) is 54.9 Å². The number of fused-ring (bicyclic) bond motifs is 2. The summed E-state index contributed by atoms with van der Waals surface area (Å²) in [6, 6.07) is 12.3. The predicted molar refractivity (Wildman–Crippen MR) is 166 cm³/mol. The van der Waals surface area contributed by atoms with Crippen LogP contribution in [0.15, 0.2) is 59.2 Å². The number of ether oxygens (including phenoxy) is 2. The summed E-state index contributed by atoms with van der Waals surface area (Å²) in [4.78, 5) is 21.3. The summed E-state index contributed by atoms with van der Waals surface area (Å²) in [5.41, 5.74) is 1.19. The number of nitrogens with zero attached hydrogens (tertiary/aromatic N) is 5. The molecule has 43 heavy (non-hydrogen) atoms. The van der Waals surface area contributed by atoms with Crippen molar-refractivity contribution in [2.45, 2.75) is 57.8 Å². The number of terminal acetylenes is 1. The highest BCUT2D eigenvalue weighted by Crippen LogP contribution is 2.37. The van der Waals surface area contributed by atoms with Crippen LogP contribution in [-0.2, 0) is 11.3 Å². The molecule has 1 aliphatic rings. The SMILES string of the molecule is C#CCCC1(CCOC(=O)NCCNc2ncnc3c2c(-c2ccc4cc(OCC)ccc4c2)cn3CC(C)(C)O)N=N1. The second-order valence-corrected chi connectivity index (χ2v) is 11.2. The van der Waals surface area contributed by atoms with Gasteiger partial charge in [-0.2, -0.15) is 10.2 Å². The highest BCUT2D eigenvalue weighted by Gasteiger charge is 2.39. The van der Waals surface area contributed by atoms with Crippen LogP contribution in [0, 0.1) is 12.3 Å². The van der Waals surface area contributed by atoms with E-state index in [1.165, 1.54) is 6.33 Å². The Morgan fingerprint density at radius 1 is 1.12 bits per heavy atom. The normalized spacial score (nSPS) is 13.6. The number of alkyl carbamates (subject to hydrolysis) is 1. The van der Waals surface area contributed by atoms with Gasteiger partial charge in [0.15, 0.2) is 5.66 Å². The molecule has 224 valence electrons. The summed E-state index contributed by atoms with van der Waals surface area (Å²) >= 11 is 0. The van der Waals surface area contributed by atoms with Gasteiger partial charge >= 0.3 is 6.09 Å². The molecule has 0 aliphatic carbocycles. The van der Waals surface area contributed by atoms with Gasteiger partial charge in [-0.15, -0.1) is 12.3 Å². The van der Waals surface area contributed by atoms with Crippen molar-refractivity contribution in [3.63, 3.8) is 0 Å². The lowest BCUT2D eigenvalue weighted by Gasteiger charge is -2.18. The van der Waals surface area contributed by atoms with E-state index < -0.39 is 17.4 Å². The molecule has 0 fully saturated rings. The van der Waals surface area contributed by atoms with Crippen LogP contribution in [0.5, 0.6) is 5.75 Å². The van der Waals surface area contributed by atoms with Crippen molar-refractivity contribution < 1.29 is 19.4 Å². The topological polar surface area (TPSA) is 135 Å². The minimum absolute atomic E-state index is 0.208. The van der Waals surface area contributed by atoms with Gasteiger partial charge < -0.3 is 29.8 Å². The molecule has 4 aromatic rings. The number of carbonyl (C=O) groups is 1. The molecule has 0 radical (unpaired) electrons. The summed E-state index contributed by atoms with van der Waals surface area (Å²) in [5, 5.41) is 27.8. The maximum atomic E-state index is 12.2. The Balaban J connectivity index is 1.30. The van der Waals surface area contributed by atoms with Crippen LogP contribution in [0.2, 0.25) is 0 Å². The molecule has 0 spiro atoms. The van der Waals surface area contributed by atoms with E-state index in [0.717, 1.165) is 33.0 Å². The van der Waals surface area contributed by atoms with Crippen LogP contribution >= 0.6 is 0 Å². The molecule has 0 saturated carbocycles. The molecule has 3 heterocycles. The number of aromatic nitrogens is 3. The average Bonchev–Trinajstić information content (AvgIpc) is 3.66. The summed E-state index contributed by atoms with van der Waals surface area (Å²) in [7, 11) is 0. The molecule has 0 atom stereocenters. The summed E-state index contributed by atoms with van der Waals surface area (Å²) < 4.78 is 12.9. The third-order valence-electron chi connectivity index (χ3n) is 7.12. The van der Waals surface area contributed by atoms with Crippen molar-refractivity contribution in [1.82, 2.24) is 19.9 Å². The van der Waals surface area contributed by atoms with Crippen molar-refractivity contribution >= 4 is 33.7 Å². The minimum atomic E-state index is -0.951. The van der Waals surface area contributed by atoms with E-state index in [1.54, 1.807) is 13.8 Å². The zero-order valence-electron chi connectivity index (χ0n) is 24.8. The Morgan fingerprint density at radius 3 is 2.65 bits per heavy atom. The van der Waals surface area contributed by atoms with E-state index in [4.69, 9.17) is 15.9 Å². The first-order valence-corrected chi connectivity index (χ1v) is 14.5. The molecular formula is C32H37N7O4. The summed E-state index contributed by atoms with van der Waals surface area (Å²) in [6.07, 6.45) is 10.1. The lowest BCUT2D eigenvalue weighted by molar-refractivity contribution is 0.0627. The van der Waals surface area contributed by atoms with Gasteiger partial charge in [0.05, 0.1) is 30.7 Å². The number of nitrogens with one attached hydrogen (secondary N) is 2. The maximum Gasteiger partial charge on any atom is 0.407 e. The standard InChI is InChI=1S/C32H37N7O4/c1-5-7-12-32(37-38-32)13-16-43-30(40)34-15-14-33-28-27-26(19-39(20-31(3,4)41)29(27)36-21-35-28)24-9-8-23-18-25(42-6-2)11-10-22(23)17-24/h1,8-11,17-19,21,41H,6-7,12-16,20H2,2-4H3,(H,34,40)(H,33,35,36). The fourth-order valence-electron chi connectivity index (χ4n) is 5.03. The third-order valence-corrected chi connectivity index (χ3v) is 7.12. The van der Waals surface area contributed by atoms with Gasteiger partial charge in [-0.3, -0.25) is 0 Å². The van der Waals surface area contributed by atoms with Crippen LogP contribution in [-0.4, -0.2) is 63.3 Å². The zero-order valence-corrected chi connectivity index (χ0v) is 24.8. The van der Waals surface area contributed by atoms with Gasteiger partial charge in [-0.1, -0.05) is 18.2 Å². The first kappa shape index (κ1) is 29.8. The zero-order chi connectivity index (χ0) is 30.5. The van der Waals surface area contributed by atoms with Crippen molar-refractivity contribution in [1.29, 1.82) is 0 Å². The highest BCUT2D eigenvalue weighted by atomic mass is 16.5. The number of hydrogen-bond acceptors (Lipinski definition) is 9. The number of hydrogen-bond donors (Lipinski definition) is 3. The molecule has 1 aliphatic heterocycles. The number of benzene rings is 2. The molecule has 5 rings (SSSR count). The Labute approximate surface area is 250 Å². The van der Waals surface area contributed by atoms with Gasteiger partial charge in [-0.05, 0) is 55.3 Å². The van der Waals surface area contributed by atoms with E-state index >= 15 is 0 Å². The van der Waals surface area contributed by atoms with E-state index in [9.17, 15) is 9.90 Å². The second-order valence-electron chi connectivity index (χ2n) is 11.2. The monoisotopic (exact) mass is 583 g/mol. The Morgan fingerprint density at radius 2 is 1.91 bits per heavy atom. The van der Waals surface area contributed by atoms with Crippen LogP contribution in [0.25, 0.3) is 32.9 Å². The van der Waals surface area contributed by atoms with Gasteiger partial charge in [0, 0.05) is 44.1 Å².